The van der Waals surface area contributed by atoms with Crippen molar-refractivity contribution in [3.63, 3.8) is 0 Å². The Morgan fingerprint density at radius 1 is 1.07 bits per heavy atom. The van der Waals surface area contributed by atoms with E-state index in [1.54, 1.807) is 6.07 Å². The van der Waals surface area contributed by atoms with Gasteiger partial charge in [-0.05, 0) is 41.7 Å². The maximum atomic E-state index is 12.1. The van der Waals surface area contributed by atoms with E-state index >= 15 is 0 Å². The lowest BCUT2D eigenvalue weighted by molar-refractivity contribution is -0.129. The first kappa shape index (κ1) is 21.1. The molecule has 1 atom stereocenters. The minimum absolute atomic E-state index is 0.330. The molecule has 0 aliphatic heterocycles. The quantitative estimate of drug-likeness (QED) is 0.670. The molecule has 0 saturated heterocycles. The van der Waals surface area contributed by atoms with Gasteiger partial charge in [0.1, 0.15) is 0 Å². The molecule has 2 amide bonds. The van der Waals surface area contributed by atoms with Gasteiger partial charge in [-0.3, -0.25) is 4.79 Å². The van der Waals surface area contributed by atoms with E-state index in [9.17, 15) is 9.59 Å². The minimum Gasteiger partial charge on any atom is -0.436 e. The highest BCUT2D eigenvalue weighted by Crippen LogP contribution is 2.28. The standard InChI is InChI=1S/C20H22Cl2N2O3/c1-2-3-18(27-20(23)26)19(25)24-11-10-13-4-6-14(7-5-13)15-8-9-16(21)17(22)12-15/h4-9,12,18H,2-3,10-11H2,1H3,(H2,23,26)(H,24,25)/t18-/m0/s1. The van der Waals surface area contributed by atoms with Gasteiger partial charge in [-0.15, -0.1) is 0 Å². The van der Waals surface area contributed by atoms with Crippen LogP contribution in [-0.4, -0.2) is 24.6 Å². The Balaban J connectivity index is 1.90. The van der Waals surface area contributed by atoms with Crippen LogP contribution < -0.4 is 11.1 Å². The van der Waals surface area contributed by atoms with Crippen molar-refractivity contribution < 1.29 is 14.3 Å². The lowest BCUT2D eigenvalue weighted by Gasteiger charge is -2.15. The summed E-state index contributed by atoms with van der Waals surface area (Å²) in [6.07, 6.45) is 0.0170. The Labute approximate surface area is 168 Å². The molecule has 0 bridgehead atoms. The Morgan fingerprint density at radius 2 is 1.74 bits per heavy atom. The van der Waals surface area contributed by atoms with Gasteiger partial charge in [-0.2, -0.15) is 0 Å². The second-order valence-corrected chi connectivity index (χ2v) is 6.90. The summed E-state index contributed by atoms with van der Waals surface area (Å²) < 4.78 is 4.84. The van der Waals surface area contributed by atoms with E-state index in [0.29, 0.717) is 35.9 Å². The van der Waals surface area contributed by atoms with Crippen LogP contribution in [0, 0.1) is 0 Å². The Kier molecular flexibility index (Phi) is 7.95. The molecule has 0 aromatic heterocycles. The van der Waals surface area contributed by atoms with E-state index < -0.39 is 12.2 Å². The van der Waals surface area contributed by atoms with Crippen molar-refractivity contribution in [2.24, 2.45) is 5.73 Å². The molecule has 144 valence electrons. The number of rotatable bonds is 8. The number of halogens is 2. The number of carbonyl (C=O) groups is 2. The molecule has 0 fully saturated rings. The van der Waals surface area contributed by atoms with Gasteiger partial charge in [0.2, 0.25) is 0 Å². The summed E-state index contributed by atoms with van der Waals surface area (Å²) in [5, 5.41) is 3.81. The van der Waals surface area contributed by atoms with E-state index in [1.807, 2.05) is 43.3 Å². The van der Waals surface area contributed by atoms with Crippen LogP contribution >= 0.6 is 23.2 Å². The largest absolute Gasteiger partial charge is 0.436 e. The molecule has 0 unspecified atom stereocenters. The molecule has 0 radical (unpaired) electrons. The Hall–Kier alpha value is -2.24. The summed E-state index contributed by atoms with van der Waals surface area (Å²) in [5.41, 5.74) is 8.08. The van der Waals surface area contributed by atoms with Gasteiger partial charge in [0.05, 0.1) is 10.0 Å². The van der Waals surface area contributed by atoms with Gasteiger partial charge >= 0.3 is 6.09 Å². The predicted octanol–water partition coefficient (Wildman–Crippen LogP) is 4.58. The van der Waals surface area contributed by atoms with Gasteiger partial charge in [0.15, 0.2) is 6.10 Å². The van der Waals surface area contributed by atoms with Gasteiger partial charge in [-0.1, -0.05) is 66.9 Å². The molecule has 0 aliphatic rings. The molecule has 5 nitrogen and oxygen atoms in total. The molecule has 0 saturated carbocycles. The number of amides is 2. The monoisotopic (exact) mass is 408 g/mol. The van der Waals surface area contributed by atoms with Crippen molar-refractivity contribution in [1.82, 2.24) is 5.32 Å². The molecule has 2 aromatic rings. The van der Waals surface area contributed by atoms with E-state index in [0.717, 1.165) is 16.7 Å². The number of benzene rings is 2. The van der Waals surface area contributed by atoms with Gasteiger partial charge in [0, 0.05) is 6.54 Å². The fourth-order valence-corrected chi connectivity index (χ4v) is 2.93. The first-order chi connectivity index (χ1) is 12.9. The molecule has 7 heteroatoms. The first-order valence-corrected chi connectivity index (χ1v) is 9.44. The van der Waals surface area contributed by atoms with Crippen LogP contribution in [0.4, 0.5) is 4.79 Å². The second-order valence-electron chi connectivity index (χ2n) is 6.08. The van der Waals surface area contributed by atoms with E-state index in [2.05, 4.69) is 5.32 Å². The molecule has 3 N–H and O–H groups in total. The normalized spacial score (nSPS) is 11.7. The van der Waals surface area contributed by atoms with Crippen LogP contribution in [0.3, 0.4) is 0 Å². The van der Waals surface area contributed by atoms with Gasteiger partial charge in [0.25, 0.3) is 5.91 Å². The molecule has 2 aromatic carbocycles. The molecular formula is C20H22Cl2N2O3. The van der Waals surface area contributed by atoms with Gasteiger partial charge < -0.3 is 15.8 Å². The highest BCUT2D eigenvalue weighted by atomic mass is 35.5. The van der Waals surface area contributed by atoms with Crippen LogP contribution in [0.15, 0.2) is 42.5 Å². The third kappa shape index (κ3) is 6.45. The van der Waals surface area contributed by atoms with Crippen LogP contribution in [-0.2, 0) is 16.0 Å². The van der Waals surface area contributed by atoms with E-state index in [-0.39, 0.29) is 5.91 Å². The van der Waals surface area contributed by atoms with Crippen molar-refractivity contribution in [1.29, 1.82) is 0 Å². The fraction of sp³-hybridized carbons (Fsp3) is 0.300. The van der Waals surface area contributed by atoms with Crippen molar-refractivity contribution in [2.45, 2.75) is 32.3 Å². The number of carbonyl (C=O) groups excluding carboxylic acids is 2. The highest BCUT2D eigenvalue weighted by molar-refractivity contribution is 6.42. The number of hydrogen-bond acceptors (Lipinski definition) is 3. The SMILES string of the molecule is CCC[C@H](OC(N)=O)C(=O)NCCc1ccc(-c2ccc(Cl)c(Cl)c2)cc1. The summed E-state index contributed by atoms with van der Waals surface area (Å²) in [5.74, 6) is -0.330. The topological polar surface area (TPSA) is 81.4 Å². The van der Waals surface area contributed by atoms with Crippen LogP contribution in [0.5, 0.6) is 0 Å². The zero-order chi connectivity index (χ0) is 19.8. The first-order valence-electron chi connectivity index (χ1n) is 8.69. The van der Waals surface area contributed by atoms with Crippen LogP contribution in [0.25, 0.3) is 11.1 Å². The summed E-state index contributed by atoms with van der Waals surface area (Å²) in [7, 11) is 0. The van der Waals surface area contributed by atoms with Crippen molar-refractivity contribution in [3.05, 3.63) is 58.1 Å². The maximum Gasteiger partial charge on any atom is 0.405 e. The van der Waals surface area contributed by atoms with Crippen molar-refractivity contribution >= 4 is 35.2 Å². The summed E-state index contributed by atoms with van der Waals surface area (Å²) >= 11 is 12.0. The molecule has 2 rings (SSSR count). The van der Waals surface area contributed by atoms with Gasteiger partial charge in [-0.25, -0.2) is 4.79 Å². The predicted molar refractivity (Wildman–Crippen MR) is 108 cm³/mol. The molecule has 0 spiro atoms. The summed E-state index contributed by atoms with van der Waals surface area (Å²) in [4.78, 5) is 23.0. The number of nitrogens with one attached hydrogen (secondary N) is 1. The lowest BCUT2D eigenvalue weighted by atomic mass is 10.0. The lowest BCUT2D eigenvalue weighted by Crippen LogP contribution is -2.39. The number of hydrogen-bond donors (Lipinski definition) is 2. The zero-order valence-corrected chi connectivity index (χ0v) is 16.5. The third-order valence-corrected chi connectivity index (χ3v) is 4.76. The highest BCUT2D eigenvalue weighted by Gasteiger charge is 2.20. The summed E-state index contributed by atoms with van der Waals surface area (Å²) in [6.45, 7) is 2.34. The van der Waals surface area contributed by atoms with Crippen LogP contribution in [0.2, 0.25) is 10.0 Å². The average molecular weight is 409 g/mol. The number of primary amides is 1. The second kappa shape index (κ2) is 10.2. The Bertz CT molecular complexity index is 794. The number of nitrogens with two attached hydrogens (primary N) is 1. The fourth-order valence-electron chi connectivity index (χ4n) is 2.63. The molecule has 0 heterocycles. The maximum absolute atomic E-state index is 12.1. The smallest absolute Gasteiger partial charge is 0.405 e. The zero-order valence-electron chi connectivity index (χ0n) is 15.0. The number of ether oxygens (including phenoxy) is 1. The average Bonchev–Trinajstić information content (AvgIpc) is 2.64. The van der Waals surface area contributed by atoms with Crippen molar-refractivity contribution in [3.8, 4) is 11.1 Å². The molecule has 27 heavy (non-hydrogen) atoms. The van der Waals surface area contributed by atoms with Crippen LogP contribution in [0.1, 0.15) is 25.3 Å². The third-order valence-electron chi connectivity index (χ3n) is 4.02. The minimum atomic E-state index is -0.943. The van der Waals surface area contributed by atoms with E-state index in [4.69, 9.17) is 33.7 Å². The Morgan fingerprint density at radius 3 is 2.33 bits per heavy atom. The van der Waals surface area contributed by atoms with Crippen molar-refractivity contribution in [2.75, 3.05) is 6.54 Å². The molecule has 0 aliphatic carbocycles. The van der Waals surface area contributed by atoms with E-state index in [1.165, 1.54) is 0 Å². The molecular weight excluding hydrogens is 387 g/mol. The summed E-state index contributed by atoms with van der Waals surface area (Å²) in [6, 6.07) is 13.5.